The molecule has 1 aliphatic heterocycles. The molecule has 0 aliphatic carbocycles. The molecule has 0 bridgehead atoms. The molecule has 3 N–H and O–H groups in total. The lowest BCUT2D eigenvalue weighted by Crippen LogP contribution is -2.45. The highest BCUT2D eigenvalue weighted by Crippen LogP contribution is 2.16. The van der Waals surface area contributed by atoms with Crippen LogP contribution in [0.25, 0.3) is 0 Å². The Labute approximate surface area is 67.3 Å². The summed E-state index contributed by atoms with van der Waals surface area (Å²) < 4.78 is 12.6. The third-order valence-corrected chi connectivity index (χ3v) is 2.29. The van der Waals surface area contributed by atoms with Crippen LogP contribution in [-0.4, -0.2) is 25.3 Å². The summed E-state index contributed by atoms with van der Waals surface area (Å²) in [6.07, 6.45) is 0.872. The Morgan fingerprint density at radius 3 is 3.00 bits per heavy atom. The van der Waals surface area contributed by atoms with Crippen LogP contribution in [-0.2, 0) is 0 Å². The molecule has 11 heavy (non-hydrogen) atoms. The Morgan fingerprint density at radius 2 is 2.45 bits per heavy atom. The molecule has 3 heteroatoms. The lowest BCUT2D eigenvalue weighted by atomic mass is 9.90. The van der Waals surface area contributed by atoms with Gasteiger partial charge in [-0.15, -0.1) is 0 Å². The largest absolute Gasteiger partial charge is 0.327 e. The van der Waals surface area contributed by atoms with Crippen LogP contribution in [0.2, 0.25) is 0 Å². The Morgan fingerprint density at radius 1 is 1.73 bits per heavy atom. The van der Waals surface area contributed by atoms with Crippen molar-refractivity contribution in [2.24, 2.45) is 11.7 Å². The maximum atomic E-state index is 12.6. The highest BCUT2D eigenvalue weighted by atomic mass is 19.1. The average molecular weight is 160 g/mol. The van der Waals surface area contributed by atoms with Crippen molar-refractivity contribution in [1.29, 1.82) is 0 Å². The lowest BCUT2D eigenvalue weighted by Gasteiger charge is -2.29. The number of alkyl halides is 1. The van der Waals surface area contributed by atoms with Gasteiger partial charge >= 0.3 is 0 Å². The van der Waals surface area contributed by atoms with E-state index in [1.807, 2.05) is 0 Å². The second kappa shape index (κ2) is 4.02. The van der Waals surface area contributed by atoms with E-state index in [1.54, 1.807) is 6.92 Å². The molecular formula is C8H17FN2. The molecule has 66 valence electrons. The van der Waals surface area contributed by atoms with Crippen LogP contribution in [0.15, 0.2) is 0 Å². The van der Waals surface area contributed by atoms with Gasteiger partial charge in [-0.05, 0) is 38.8 Å². The van der Waals surface area contributed by atoms with Gasteiger partial charge in [-0.25, -0.2) is 4.39 Å². The van der Waals surface area contributed by atoms with E-state index in [-0.39, 0.29) is 6.04 Å². The smallest absolute Gasteiger partial charge is 0.0977 e. The van der Waals surface area contributed by atoms with E-state index in [4.69, 9.17) is 5.73 Å². The zero-order chi connectivity index (χ0) is 8.27. The lowest BCUT2D eigenvalue weighted by molar-refractivity contribution is 0.232. The Bertz CT molecular complexity index is 117. The summed E-state index contributed by atoms with van der Waals surface area (Å²) in [7, 11) is 0. The van der Waals surface area contributed by atoms with Crippen molar-refractivity contribution in [3.63, 3.8) is 0 Å². The average Bonchev–Trinajstić information content (AvgIpc) is 1.93. The first-order chi connectivity index (χ1) is 5.20. The summed E-state index contributed by atoms with van der Waals surface area (Å²) in [6, 6.07) is 0.203. The number of hydrogen-bond donors (Lipinski definition) is 2. The molecule has 1 aliphatic rings. The molecule has 3 atom stereocenters. The number of nitrogens with two attached hydrogens (primary N) is 1. The number of piperidine rings is 1. The van der Waals surface area contributed by atoms with E-state index >= 15 is 0 Å². The first-order valence-corrected chi connectivity index (χ1v) is 4.30. The van der Waals surface area contributed by atoms with E-state index < -0.39 is 6.17 Å². The monoisotopic (exact) mass is 160 g/mol. The molecular weight excluding hydrogens is 143 g/mol. The minimum Gasteiger partial charge on any atom is -0.327 e. The molecule has 0 radical (unpaired) electrons. The van der Waals surface area contributed by atoms with Gasteiger partial charge in [-0.1, -0.05) is 0 Å². The molecule has 0 aromatic carbocycles. The predicted molar refractivity (Wildman–Crippen MR) is 44.1 cm³/mol. The molecule has 0 aromatic heterocycles. The molecule has 1 heterocycles. The Balaban J connectivity index is 2.29. The third-order valence-electron chi connectivity index (χ3n) is 2.29. The van der Waals surface area contributed by atoms with Gasteiger partial charge in [0.15, 0.2) is 0 Å². The molecule has 1 fully saturated rings. The normalized spacial score (nSPS) is 35.2. The van der Waals surface area contributed by atoms with Gasteiger partial charge in [0.1, 0.15) is 0 Å². The topological polar surface area (TPSA) is 38.0 Å². The highest BCUT2D eigenvalue weighted by Gasteiger charge is 2.22. The van der Waals surface area contributed by atoms with Crippen LogP contribution in [0, 0.1) is 5.92 Å². The minimum atomic E-state index is -0.717. The fourth-order valence-corrected chi connectivity index (χ4v) is 1.62. The number of halogens is 1. The molecule has 0 saturated carbocycles. The first-order valence-electron chi connectivity index (χ1n) is 4.30. The maximum Gasteiger partial charge on any atom is 0.0977 e. The van der Waals surface area contributed by atoms with Gasteiger partial charge in [-0.2, -0.15) is 0 Å². The summed E-state index contributed by atoms with van der Waals surface area (Å²) >= 11 is 0. The molecule has 1 rings (SSSR count). The van der Waals surface area contributed by atoms with Gasteiger partial charge < -0.3 is 11.1 Å². The summed E-state index contributed by atoms with van der Waals surface area (Å²) in [5.41, 5.74) is 5.82. The fraction of sp³-hybridized carbons (Fsp3) is 1.00. The van der Waals surface area contributed by atoms with Crippen LogP contribution >= 0.6 is 0 Å². The third kappa shape index (κ3) is 2.75. The molecule has 0 aromatic rings. The van der Waals surface area contributed by atoms with Gasteiger partial charge in [-0.3, -0.25) is 0 Å². The van der Waals surface area contributed by atoms with Gasteiger partial charge in [0.2, 0.25) is 0 Å². The van der Waals surface area contributed by atoms with E-state index in [2.05, 4.69) is 5.32 Å². The molecule has 1 saturated heterocycles. The van der Waals surface area contributed by atoms with Crippen LogP contribution in [0.5, 0.6) is 0 Å². The van der Waals surface area contributed by atoms with Crippen molar-refractivity contribution >= 4 is 0 Å². The molecule has 0 amide bonds. The summed E-state index contributed by atoms with van der Waals surface area (Å²) in [5, 5.41) is 3.22. The number of nitrogens with one attached hydrogen (secondary N) is 1. The molecule has 2 nitrogen and oxygen atoms in total. The van der Waals surface area contributed by atoms with Crippen molar-refractivity contribution in [2.45, 2.75) is 32.0 Å². The summed E-state index contributed by atoms with van der Waals surface area (Å²) in [5.74, 6) is 0.337. The minimum absolute atomic E-state index is 0.203. The first kappa shape index (κ1) is 8.94. The van der Waals surface area contributed by atoms with Crippen molar-refractivity contribution < 1.29 is 4.39 Å². The second-order valence-electron chi connectivity index (χ2n) is 3.43. The van der Waals surface area contributed by atoms with Crippen molar-refractivity contribution in [2.75, 3.05) is 13.1 Å². The van der Waals surface area contributed by atoms with Crippen molar-refractivity contribution in [1.82, 2.24) is 5.32 Å². The molecule has 3 unspecified atom stereocenters. The van der Waals surface area contributed by atoms with E-state index in [1.165, 1.54) is 0 Å². The van der Waals surface area contributed by atoms with Crippen LogP contribution in [0.1, 0.15) is 19.8 Å². The Hall–Kier alpha value is -0.150. The zero-order valence-corrected chi connectivity index (χ0v) is 7.02. The van der Waals surface area contributed by atoms with Gasteiger partial charge in [0.05, 0.1) is 6.17 Å². The van der Waals surface area contributed by atoms with Gasteiger partial charge in [0, 0.05) is 6.04 Å². The van der Waals surface area contributed by atoms with Crippen molar-refractivity contribution in [3.05, 3.63) is 0 Å². The van der Waals surface area contributed by atoms with E-state index in [9.17, 15) is 4.39 Å². The standard InChI is InChI=1S/C8H17FN2/c1-6(9)4-7-5-11-3-2-8(7)10/h6-8,11H,2-5,10H2,1H3. The van der Waals surface area contributed by atoms with E-state index in [0.717, 1.165) is 19.5 Å². The Kier molecular flexibility index (Phi) is 3.27. The molecule has 0 spiro atoms. The summed E-state index contributed by atoms with van der Waals surface area (Å²) in [6.45, 7) is 3.47. The highest BCUT2D eigenvalue weighted by molar-refractivity contribution is 4.81. The van der Waals surface area contributed by atoms with Crippen LogP contribution in [0.3, 0.4) is 0 Å². The zero-order valence-electron chi connectivity index (χ0n) is 7.02. The van der Waals surface area contributed by atoms with Gasteiger partial charge in [0.25, 0.3) is 0 Å². The van der Waals surface area contributed by atoms with Crippen LogP contribution < -0.4 is 11.1 Å². The number of rotatable bonds is 2. The SMILES string of the molecule is CC(F)CC1CNCCC1N. The quantitative estimate of drug-likeness (QED) is 0.623. The second-order valence-corrected chi connectivity index (χ2v) is 3.43. The van der Waals surface area contributed by atoms with Crippen molar-refractivity contribution in [3.8, 4) is 0 Å². The van der Waals surface area contributed by atoms with Crippen LogP contribution in [0.4, 0.5) is 4.39 Å². The predicted octanol–water partition coefficient (Wildman–Crippen LogP) is 0.671. The van der Waals surface area contributed by atoms with E-state index in [0.29, 0.717) is 12.3 Å². The number of hydrogen-bond acceptors (Lipinski definition) is 2. The summed E-state index contributed by atoms with van der Waals surface area (Å²) in [4.78, 5) is 0. The maximum absolute atomic E-state index is 12.6. The fourth-order valence-electron chi connectivity index (χ4n) is 1.62.